The van der Waals surface area contributed by atoms with E-state index in [9.17, 15) is 17.6 Å². The zero-order chi connectivity index (χ0) is 25.0. The van der Waals surface area contributed by atoms with Gasteiger partial charge in [-0.15, -0.1) is 0 Å². The first-order chi connectivity index (χ1) is 17.3. The Morgan fingerprint density at radius 3 is 2.53 bits per heavy atom. The molecule has 0 bridgehead atoms. The molecule has 0 radical (unpaired) electrons. The maximum atomic E-state index is 13.6. The summed E-state index contributed by atoms with van der Waals surface area (Å²) in [4.78, 5) is 18.6. The van der Waals surface area contributed by atoms with Gasteiger partial charge in [0.1, 0.15) is 17.2 Å². The monoisotopic (exact) mass is 513 g/mol. The number of hydroxylamine groups is 1. The molecule has 3 aromatic rings. The minimum atomic E-state index is -3.60. The summed E-state index contributed by atoms with van der Waals surface area (Å²) in [7, 11) is -3.60. The minimum Gasteiger partial charge on any atom is -0.455 e. The van der Waals surface area contributed by atoms with Crippen LogP contribution in [0.15, 0.2) is 40.8 Å². The highest BCUT2D eigenvalue weighted by Gasteiger charge is 2.35. The van der Waals surface area contributed by atoms with Crippen molar-refractivity contribution in [2.75, 3.05) is 30.3 Å². The van der Waals surface area contributed by atoms with Crippen molar-refractivity contribution in [2.45, 2.75) is 37.6 Å². The summed E-state index contributed by atoms with van der Waals surface area (Å²) in [5.41, 5.74) is 5.69. The van der Waals surface area contributed by atoms with Gasteiger partial charge < -0.3 is 14.6 Å². The third-order valence-electron chi connectivity index (χ3n) is 6.99. The number of benzene rings is 2. The molecule has 1 amide bonds. The number of nitrogens with zero attached hydrogens (tertiary/aromatic N) is 1. The van der Waals surface area contributed by atoms with Crippen LogP contribution in [-0.4, -0.2) is 46.3 Å². The molecule has 10 heteroatoms. The number of anilines is 1. The number of halogens is 1. The fourth-order valence-electron chi connectivity index (χ4n) is 4.78. The Bertz CT molecular complexity index is 1420. The summed E-state index contributed by atoms with van der Waals surface area (Å²) < 4.78 is 47.2. The molecule has 1 saturated heterocycles. The van der Waals surface area contributed by atoms with E-state index < -0.39 is 10.0 Å². The van der Waals surface area contributed by atoms with Crippen molar-refractivity contribution in [1.29, 1.82) is 0 Å². The molecule has 1 aliphatic heterocycles. The molecule has 2 saturated carbocycles. The predicted octanol–water partition coefficient (Wildman–Crippen LogP) is 3.93. The highest BCUT2D eigenvalue weighted by atomic mass is 32.2. The molecule has 8 nitrogen and oxygen atoms in total. The standard InChI is InChI=1S/C26H28FN3O5S/c1-36(32,33)30(13-15-12-28-34-14-15)22-11-23-21(10-20(22)16-2-3-16)24(26(31)29-19-8-9-19)25(35-23)17-4-6-18(27)7-5-17/h4-7,10-11,15-16,19,28H,2-3,8-9,12-14H2,1H3,(H,29,31). The van der Waals surface area contributed by atoms with Gasteiger partial charge in [0.25, 0.3) is 5.91 Å². The van der Waals surface area contributed by atoms with E-state index in [2.05, 4.69) is 10.8 Å². The fourth-order valence-corrected chi connectivity index (χ4v) is 5.78. The van der Waals surface area contributed by atoms with Crippen LogP contribution in [0.4, 0.5) is 10.1 Å². The number of hydrogen-bond donors (Lipinski definition) is 2. The average Bonchev–Trinajstić information content (AvgIpc) is 3.75. The summed E-state index contributed by atoms with van der Waals surface area (Å²) in [5.74, 6) is -0.0456. The van der Waals surface area contributed by atoms with Gasteiger partial charge >= 0.3 is 0 Å². The molecular weight excluding hydrogens is 485 g/mol. The molecule has 1 atom stereocenters. The Balaban J connectivity index is 1.52. The van der Waals surface area contributed by atoms with Gasteiger partial charge in [-0.1, -0.05) is 0 Å². The van der Waals surface area contributed by atoms with E-state index in [1.165, 1.54) is 22.7 Å². The number of carbonyl (C=O) groups is 1. The Labute approximate surface area is 208 Å². The molecule has 2 heterocycles. The van der Waals surface area contributed by atoms with E-state index in [0.29, 0.717) is 46.7 Å². The number of sulfonamides is 1. The van der Waals surface area contributed by atoms with Crippen molar-refractivity contribution in [2.24, 2.45) is 5.92 Å². The third kappa shape index (κ3) is 4.60. The topological polar surface area (TPSA) is 101 Å². The average molecular weight is 514 g/mol. The molecule has 2 N–H and O–H groups in total. The van der Waals surface area contributed by atoms with Crippen LogP contribution in [0, 0.1) is 11.7 Å². The first-order valence-electron chi connectivity index (χ1n) is 12.3. The lowest BCUT2D eigenvalue weighted by Crippen LogP contribution is -2.36. The maximum absolute atomic E-state index is 13.6. The highest BCUT2D eigenvalue weighted by Crippen LogP contribution is 2.48. The molecule has 2 aliphatic carbocycles. The fraction of sp³-hybridized carbons (Fsp3) is 0.423. The minimum absolute atomic E-state index is 0.00809. The number of hydrogen-bond acceptors (Lipinski definition) is 6. The Kier molecular flexibility index (Phi) is 5.77. The van der Waals surface area contributed by atoms with Gasteiger partial charge in [0.05, 0.1) is 24.1 Å². The molecule has 1 unspecified atom stereocenters. The van der Waals surface area contributed by atoms with Crippen LogP contribution in [0.5, 0.6) is 0 Å². The van der Waals surface area contributed by atoms with Crippen molar-refractivity contribution in [3.8, 4) is 11.3 Å². The maximum Gasteiger partial charge on any atom is 0.256 e. The molecule has 3 aliphatic rings. The Morgan fingerprint density at radius 2 is 1.92 bits per heavy atom. The Morgan fingerprint density at radius 1 is 1.17 bits per heavy atom. The third-order valence-corrected chi connectivity index (χ3v) is 8.13. The van der Waals surface area contributed by atoms with Crippen LogP contribution >= 0.6 is 0 Å². The van der Waals surface area contributed by atoms with Crippen LogP contribution < -0.4 is 15.1 Å². The smallest absolute Gasteiger partial charge is 0.256 e. The zero-order valence-electron chi connectivity index (χ0n) is 19.9. The number of rotatable bonds is 8. The van der Waals surface area contributed by atoms with E-state index in [-0.39, 0.29) is 36.1 Å². The number of carbonyl (C=O) groups excluding carboxylic acids is 1. The van der Waals surface area contributed by atoms with E-state index in [1.54, 1.807) is 18.2 Å². The summed E-state index contributed by atoms with van der Waals surface area (Å²) in [5, 5.41) is 3.68. The highest BCUT2D eigenvalue weighted by molar-refractivity contribution is 7.92. The summed E-state index contributed by atoms with van der Waals surface area (Å²) in [6, 6.07) is 9.63. The van der Waals surface area contributed by atoms with Gasteiger partial charge in [0.15, 0.2) is 0 Å². The molecule has 190 valence electrons. The summed E-state index contributed by atoms with van der Waals surface area (Å²) in [6.07, 6.45) is 4.99. The molecule has 0 spiro atoms. The van der Waals surface area contributed by atoms with E-state index in [0.717, 1.165) is 31.2 Å². The van der Waals surface area contributed by atoms with Crippen LogP contribution in [0.25, 0.3) is 22.3 Å². The van der Waals surface area contributed by atoms with Crippen molar-refractivity contribution in [3.63, 3.8) is 0 Å². The van der Waals surface area contributed by atoms with Gasteiger partial charge in [0.2, 0.25) is 10.0 Å². The lowest BCUT2D eigenvalue weighted by Gasteiger charge is -2.27. The van der Waals surface area contributed by atoms with E-state index in [4.69, 9.17) is 9.25 Å². The Hall–Kier alpha value is -2.95. The van der Waals surface area contributed by atoms with Crippen molar-refractivity contribution < 1.29 is 26.9 Å². The number of furan rings is 1. The molecule has 36 heavy (non-hydrogen) atoms. The van der Waals surface area contributed by atoms with Crippen molar-refractivity contribution in [3.05, 3.63) is 53.3 Å². The second-order valence-electron chi connectivity index (χ2n) is 10.1. The molecule has 6 rings (SSSR count). The first-order valence-corrected chi connectivity index (χ1v) is 14.1. The molecule has 2 aromatic carbocycles. The predicted molar refractivity (Wildman–Crippen MR) is 134 cm³/mol. The van der Waals surface area contributed by atoms with E-state index in [1.807, 2.05) is 6.07 Å². The van der Waals surface area contributed by atoms with Crippen LogP contribution in [0.3, 0.4) is 0 Å². The van der Waals surface area contributed by atoms with Crippen molar-refractivity contribution >= 4 is 32.6 Å². The lowest BCUT2D eigenvalue weighted by molar-refractivity contribution is 0.0952. The zero-order valence-corrected chi connectivity index (χ0v) is 20.7. The lowest BCUT2D eigenvalue weighted by atomic mass is 10.00. The number of nitrogens with one attached hydrogen (secondary N) is 2. The SMILES string of the molecule is CS(=O)(=O)N(CC1CNOC1)c1cc2oc(-c3ccc(F)cc3)c(C(=O)NC3CC3)c2cc1C1CC1. The number of amides is 1. The van der Waals surface area contributed by atoms with Crippen LogP contribution in [0.2, 0.25) is 0 Å². The first kappa shape index (κ1) is 23.4. The van der Waals surface area contributed by atoms with Gasteiger partial charge in [-0.05, 0) is 67.5 Å². The summed E-state index contributed by atoms with van der Waals surface area (Å²) in [6.45, 7) is 1.26. The quantitative estimate of drug-likeness (QED) is 0.474. The molecular formula is C26H28FN3O5S. The van der Waals surface area contributed by atoms with Crippen LogP contribution in [-0.2, 0) is 14.9 Å². The summed E-state index contributed by atoms with van der Waals surface area (Å²) >= 11 is 0. The van der Waals surface area contributed by atoms with E-state index >= 15 is 0 Å². The second-order valence-corrected chi connectivity index (χ2v) is 12.0. The number of fused-ring (bicyclic) bond motifs is 1. The van der Waals surface area contributed by atoms with Crippen molar-refractivity contribution in [1.82, 2.24) is 10.8 Å². The van der Waals surface area contributed by atoms with Crippen LogP contribution in [0.1, 0.15) is 47.5 Å². The second kappa shape index (κ2) is 8.86. The molecule has 3 fully saturated rings. The van der Waals surface area contributed by atoms with Gasteiger partial charge in [-0.25, -0.2) is 18.3 Å². The van der Waals surface area contributed by atoms with Gasteiger partial charge in [0, 0.05) is 42.1 Å². The molecule has 1 aromatic heterocycles. The van der Waals surface area contributed by atoms with Gasteiger partial charge in [-0.2, -0.15) is 0 Å². The normalized spacial score (nSPS) is 20.1. The van der Waals surface area contributed by atoms with Gasteiger partial charge in [-0.3, -0.25) is 9.10 Å². The largest absolute Gasteiger partial charge is 0.455 e.